The van der Waals surface area contributed by atoms with E-state index in [1.807, 2.05) is 0 Å². The molecule has 1 N–H and O–H groups in total. The maximum atomic E-state index is 13.5. The van der Waals surface area contributed by atoms with E-state index in [2.05, 4.69) is 10.1 Å². The van der Waals surface area contributed by atoms with E-state index in [0.717, 1.165) is 10.9 Å². The highest BCUT2D eigenvalue weighted by molar-refractivity contribution is 6.32. The Hall–Kier alpha value is -4.92. The van der Waals surface area contributed by atoms with E-state index >= 15 is 0 Å². The molecule has 8 nitrogen and oxygen atoms in total. The van der Waals surface area contributed by atoms with Gasteiger partial charge in [-0.15, -0.1) is 0 Å². The fourth-order valence-corrected chi connectivity index (χ4v) is 4.68. The minimum Gasteiger partial charge on any atom is -0.487 e. The smallest absolute Gasteiger partial charge is 0.335 e. The summed E-state index contributed by atoms with van der Waals surface area (Å²) in [6, 6.07) is 25.5. The highest BCUT2D eigenvalue weighted by Crippen LogP contribution is 2.29. The second-order valence-corrected chi connectivity index (χ2v) is 9.93. The Balaban J connectivity index is 1.31. The number of hydrogen-bond donors (Lipinski definition) is 1. The maximum Gasteiger partial charge on any atom is 0.335 e. The lowest BCUT2D eigenvalue weighted by atomic mass is 10.1. The van der Waals surface area contributed by atoms with Crippen LogP contribution < -0.4 is 10.3 Å². The zero-order valence-corrected chi connectivity index (χ0v) is 22.6. The molecule has 0 aliphatic rings. The summed E-state index contributed by atoms with van der Waals surface area (Å²) in [6.07, 6.45) is 1.50. The first-order valence-corrected chi connectivity index (χ1v) is 13.1. The molecule has 0 unspecified atom stereocenters. The number of hydrogen-bond acceptors (Lipinski definition) is 6. The van der Waals surface area contributed by atoms with E-state index < -0.39 is 5.97 Å². The van der Waals surface area contributed by atoms with E-state index in [1.165, 1.54) is 23.0 Å². The summed E-state index contributed by atoms with van der Waals surface area (Å²) in [7, 11) is 0. The predicted molar refractivity (Wildman–Crippen MR) is 158 cm³/mol. The average Bonchev–Trinajstić information content (AvgIpc) is 3.39. The number of halogens is 2. The highest BCUT2D eigenvalue weighted by atomic mass is 35.5. The Morgan fingerprint density at radius 3 is 2.59 bits per heavy atom. The standard InChI is InChI=1S/C31H19Cl2N3O5/c32-22-10-12-26-21(14-22)15-28(41-26)29-35-25-4-2-1-3-23(25)30(37)36(29)34-16-19-7-11-27(24(33)13-19)40-17-18-5-8-20(9-6-18)31(38)39/h1-16H,17H2,(H,38,39). The van der Waals surface area contributed by atoms with Crippen molar-refractivity contribution in [3.05, 3.63) is 128 Å². The van der Waals surface area contributed by atoms with E-state index in [9.17, 15) is 9.59 Å². The number of aromatic carboxylic acids is 1. The second-order valence-electron chi connectivity index (χ2n) is 9.09. The molecule has 0 aliphatic heterocycles. The molecule has 0 spiro atoms. The van der Waals surface area contributed by atoms with Crippen molar-refractivity contribution in [1.29, 1.82) is 0 Å². The summed E-state index contributed by atoms with van der Waals surface area (Å²) < 4.78 is 13.0. The van der Waals surface area contributed by atoms with Gasteiger partial charge in [0.2, 0.25) is 5.82 Å². The summed E-state index contributed by atoms with van der Waals surface area (Å²) in [4.78, 5) is 29.2. The van der Waals surface area contributed by atoms with Gasteiger partial charge in [-0.2, -0.15) is 9.78 Å². The topological polar surface area (TPSA) is 107 Å². The van der Waals surface area contributed by atoms with Crippen molar-refractivity contribution in [1.82, 2.24) is 9.66 Å². The van der Waals surface area contributed by atoms with Gasteiger partial charge in [0.15, 0.2) is 5.76 Å². The number of carboxylic acid groups (broad SMARTS) is 1. The predicted octanol–water partition coefficient (Wildman–Crippen LogP) is 7.28. The van der Waals surface area contributed by atoms with Crippen molar-refractivity contribution >= 4 is 57.3 Å². The van der Waals surface area contributed by atoms with Gasteiger partial charge in [-0.1, -0.05) is 47.5 Å². The number of carbonyl (C=O) groups is 1. The van der Waals surface area contributed by atoms with Gasteiger partial charge in [0, 0.05) is 10.4 Å². The van der Waals surface area contributed by atoms with Crippen LogP contribution in [0.15, 0.2) is 105 Å². The molecule has 202 valence electrons. The van der Waals surface area contributed by atoms with Gasteiger partial charge in [-0.25, -0.2) is 9.78 Å². The summed E-state index contributed by atoms with van der Waals surface area (Å²) >= 11 is 12.6. The summed E-state index contributed by atoms with van der Waals surface area (Å²) in [5.74, 6) is 0.0455. The van der Waals surface area contributed by atoms with Gasteiger partial charge in [-0.3, -0.25) is 4.79 Å². The number of carboxylic acids is 1. The normalized spacial score (nSPS) is 11.5. The highest BCUT2D eigenvalue weighted by Gasteiger charge is 2.17. The molecule has 2 aromatic heterocycles. The molecule has 0 radical (unpaired) electrons. The average molecular weight is 584 g/mol. The number of aromatic nitrogens is 2. The molecular weight excluding hydrogens is 565 g/mol. The van der Waals surface area contributed by atoms with Gasteiger partial charge in [0.05, 0.1) is 27.7 Å². The molecule has 2 heterocycles. The molecule has 6 rings (SSSR count). The zero-order chi connectivity index (χ0) is 28.5. The minimum absolute atomic E-state index is 0.198. The molecular formula is C31H19Cl2N3O5. The van der Waals surface area contributed by atoms with Crippen LogP contribution in [-0.2, 0) is 6.61 Å². The van der Waals surface area contributed by atoms with Crippen molar-refractivity contribution < 1.29 is 19.1 Å². The van der Waals surface area contributed by atoms with Crippen LogP contribution in [-0.4, -0.2) is 27.0 Å². The van der Waals surface area contributed by atoms with Gasteiger partial charge in [-0.05, 0) is 77.9 Å². The van der Waals surface area contributed by atoms with Crippen LogP contribution in [0.1, 0.15) is 21.5 Å². The van der Waals surface area contributed by atoms with E-state index in [-0.39, 0.29) is 23.6 Å². The fraction of sp³-hybridized carbons (Fsp3) is 0.0323. The Labute approximate surface area is 242 Å². The van der Waals surface area contributed by atoms with Gasteiger partial charge >= 0.3 is 5.97 Å². The third kappa shape index (κ3) is 5.43. The molecule has 0 saturated carbocycles. The van der Waals surface area contributed by atoms with Gasteiger partial charge in [0.25, 0.3) is 5.56 Å². The van der Waals surface area contributed by atoms with Crippen molar-refractivity contribution in [3.63, 3.8) is 0 Å². The summed E-state index contributed by atoms with van der Waals surface area (Å²) in [5.41, 5.74) is 2.36. The van der Waals surface area contributed by atoms with E-state index in [4.69, 9.17) is 37.5 Å². The second kappa shape index (κ2) is 10.9. The molecule has 0 amide bonds. The van der Waals surface area contributed by atoms with Crippen LogP contribution in [0.2, 0.25) is 10.0 Å². The Kier molecular flexibility index (Phi) is 7.01. The van der Waals surface area contributed by atoms with E-state index in [0.29, 0.717) is 43.6 Å². The molecule has 6 aromatic rings. The van der Waals surface area contributed by atoms with Crippen molar-refractivity contribution in [2.45, 2.75) is 6.61 Å². The molecule has 0 atom stereocenters. The van der Waals surface area contributed by atoms with Crippen LogP contribution in [0.5, 0.6) is 5.75 Å². The number of benzene rings is 4. The minimum atomic E-state index is -0.992. The van der Waals surface area contributed by atoms with Gasteiger partial charge in [0.1, 0.15) is 17.9 Å². The Morgan fingerprint density at radius 2 is 1.80 bits per heavy atom. The summed E-state index contributed by atoms with van der Waals surface area (Å²) in [5, 5.41) is 15.6. The van der Waals surface area contributed by atoms with Crippen molar-refractivity contribution in [2.75, 3.05) is 0 Å². The van der Waals surface area contributed by atoms with Crippen LogP contribution in [0.4, 0.5) is 0 Å². The lowest BCUT2D eigenvalue weighted by Crippen LogP contribution is -2.20. The number of para-hydroxylation sites is 1. The van der Waals surface area contributed by atoms with Crippen LogP contribution in [0.3, 0.4) is 0 Å². The molecule has 41 heavy (non-hydrogen) atoms. The quantitative estimate of drug-likeness (QED) is 0.198. The first-order valence-electron chi connectivity index (χ1n) is 12.4. The van der Waals surface area contributed by atoms with Gasteiger partial charge < -0.3 is 14.3 Å². The molecule has 4 aromatic carbocycles. The van der Waals surface area contributed by atoms with Crippen molar-refractivity contribution in [3.8, 4) is 17.3 Å². The number of fused-ring (bicyclic) bond motifs is 2. The monoisotopic (exact) mass is 583 g/mol. The third-order valence-electron chi connectivity index (χ3n) is 6.33. The molecule has 0 bridgehead atoms. The number of rotatable bonds is 7. The molecule has 0 fully saturated rings. The Morgan fingerprint density at radius 1 is 1.00 bits per heavy atom. The molecule has 10 heteroatoms. The zero-order valence-electron chi connectivity index (χ0n) is 21.1. The lowest BCUT2D eigenvalue weighted by Gasteiger charge is -2.09. The number of furan rings is 1. The number of nitrogens with zero attached hydrogens (tertiary/aromatic N) is 3. The van der Waals surface area contributed by atoms with Crippen LogP contribution >= 0.6 is 23.2 Å². The largest absolute Gasteiger partial charge is 0.487 e. The summed E-state index contributed by atoms with van der Waals surface area (Å²) in [6.45, 7) is 0.206. The first kappa shape index (κ1) is 26.3. The third-order valence-corrected chi connectivity index (χ3v) is 6.86. The first-order chi connectivity index (χ1) is 19.9. The Bertz CT molecular complexity index is 2030. The van der Waals surface area contributed by atoms with Crippen molar-refractivity contribution in [2.24, 2.45) is 5.10 Å². The van der Waals surface area contributed by atoms with Crippen LogP contribution in [0.25, 0.3) is 33.5 Å². The molecule has 0 saturated heterocycles. The maximum absolute atomic E-state index is 13.5. The lowest BCUT2D eigenvalue weighted by molar-refractivity contribution is 0.0697. The SMILES string of the molecule is O=C(O)c1ccc(COc2ccc(C=Nn3c(-c4cc5cc(Cl)ccc5o4)nc4ccccc4c3=O)cc2Cl)cc1. The van der Waals surface area contributed by atoms with Crippen LogP contribution in [0, 0.1) is 0 Å². The van der Waals surface area contributed by atoms with E-state index in [1.54, 1.807) is 78.9 Å². The molecule has 0 aliphatic carbocycles. The fourth-order valence-electron chi connectivity index (χ4n) is 4.26. The number of ether oxygens (including phenoxy) is 1.